The quantitative estimate of drug-likeness (QED) is 0.533. The molecule has 0 saturated carbocycles. The molecule has 0 spiro atoms. The fraction of sp³-hybridized carbons (Fsp3) is 0.667. The molecule has 0 fully saturated rings. The highest BCUT2D eigenvalue weighted by Gasteiger charge is 2.21. The SMILES string of the molecule is C#CCN(C)C(=O)C(Br)C(C)C. The Labute approximate surface area is 82.4 Å². The van der Waals surface area contributed by atoms with Crippen LogP contribution in [-0.4, -0.2) is 29.2 Å². The van der Waals surface area contributed by atoms with Gasteiger partial charge in [0.15, 0.2) is 0 Å². The molecule has 1 amide bonds. The molecule has 0 rings (SSSR count). The normalized spacial score (nSPS) is 12.3. The first-order chi connectivity index (χ1) is 5.50. The second kappa shape index (κ2) is 5.21. The third-order valence-corrected chi connectivity index (χ3v) is 2.97. The number of hydrogen-bond donors (Lipinski definition) is 0. The molecule has 0 aromatic rings. The first-order valence-corrected chi connectivity index (χ1v) is 4.74. The number of amides is 1. The molecule has 0 radical (unpaired) electrons. The van der Waals surface area contributed by atoms with E-state index in [0.29, 0.717) is 6.54 Å². The van der Waals surface area contributed by atoms with Crippen LogP contribution in [0.25, 0.3) is 0 Å². The molecule has 68 valence electrons. The van der Waals surface area contributed by atoms with Gasteiger partial charge in [0.05, 0.1) is 11.4 Å². The third-order valence-electron chi connectivity index (χ3n) is 1.53. The summed E-state index contributed by atoms with van der Waals surface area (Å²) in [5.41, 5.74) is 0. The summed E-state index contributed by atoms with van der Waals surface area (Å²) in [6, 6.07) is 0. The summed E-state index contributed by atoms with van der Waals surface area (Å²) in [6.45, 7) is 4.34. The lowest BCUT2D eigenvalue weighted by Gasteiger charge is -2.20. The largest absolute Gasteiger partial charge is 0.334 e. The van der Waals surface area contributed by atoms with E-state index in [1.54, 1.807) is 11.9 Å². The van der Waals surface area contributed by atoms with Crippen molar-refractivity contribution in [3.05, 3.63) is 0 Å². The van der Waals surface area contributed by atoms with E-state index in [9.17, 15) is 4.79 Å². The zero-order valence-corrected chi connectivity index (χ0v) is 9.26. The minimum absolute atomic E-state index is 0.0444. The van der Waals surface area contributed by atoms with Gasteiger partial charge in [-0.3, -0.25) is 4.79 Å². The van der Waals surface area contributed by atoms with Crippen LogP contribution in [0.15, 0.2) is 0 Å². The van der Waals surface area contributed by atoms with Crippen molar-refractivity contribution < 1.29 is 4.79 Å². The highest BCUT2D eigenvalue weighted by molar-refractivity contribution is 9.10. The Balaban J connectivity index is 4.11. The van der Waals surface area contributed by atoms with Crippen molar-refractivity contribution in [3.8, 4) is 12.3 Å². The summed E-state index contributed by atoms with van der Waals surface area (Å²) in [5, 5.41) is 0. The molecule has 0 aliphatic carbocycles. The molecule has 0 aromatic carbocycles. The van der Waals surface area contributed by atoms with E-state index in [2.05, 4.69) is 21.9 Å². The minimum atomic E-state index is -0.129. The summed E-state index contributed by atoms with van der Waals surface area (Å²) < 4.78 is 0. The number of rotatable bonds is 3. The zero-order valence-electron chi connectivity index (χ0n) is 7.67. The van der Waals surface area contributed by atoms with Crippen LogP contribution < -0.4 is 0 Å². The number of carbonyl (C=O) groups is 1. The van der Waals surface area contributed by atoms with Crippen LogP contribution in [0.5, 0.6) is 0 Å². The fourth-order valence-electron chi connectivity index (χ4n) is 0.711. The van der Waals surface area contributed by atoms with Crippen molar-refractivity contribution in [3.63, 3.8) is 0 Å². The van der Waals surface area contributed by atoms with Crippen LogP contribution >= 0.6 is 15.9 Å². The Kier molecular flexibility index (Phi) is 5.00. The van der Waals surface area contributed by atoms with Gasteiger partial charge >= 0.3 is 0 Å². The monoisotopic (exact) mass is 231 g/mol. The first kappa shape index (κ1) is 11.5. The van der Waals surface area contributed by atoms with E-state index in [-0.39, 0.29) is 16.7 Å². The molecule has 2 nitrogen and oxygen atoms in total. The minimum Gasteiger partial charge on any atom is -0.334 e. The Morgan fingerprint density at radius 3 is 2.50 bits per heavy atom. The molecule has 0 aliphatic rings. The number of terminal acetylenes is 1. The summed E-state index contributed by atoms with van der Waals surface area (Å²) in [6.07, 6.45) is 5.08. The van der Waals surface area contributed by atoms with Gasteiger partial charge in [0.1, 0.15) is 0 Å². The molecule has 0 N–H and O–H groups in total. The maximum absolute atomic E-state index is 11.5. The van der Waals surface area contributed by atoms with Crippen molar-refractivity contribution in [1.29, 1.82) is 0 Å². The van der Waals surface area contributed by atoms with Crippen LogP contribution in [0.3, 0.4) is 0 Å². The molecule has 0 heterocycles. The lowest BCUT2D eigenvalue weighted by atomic mass is 10.1. The Bertz CT molecular complexity index is 195. The lowest BCUT2D eigenvalue weighted by Crippen LogP contribution is -2.35. The number of alkyl halides is 1. The maximum Gasteiger partial charge on any atom is 0.237 e. The average molecular weight is 232 g/mol. The van der Waals surface area contributed by atoms with Crippen molar-refractivity contribution in [2.24, 2.45) is 5.92 Å². The van der Waals surface area contributed by atoms with Gasteiger partial charge in [-0.2, -0.15) is 0 Å². The summed E-state index contributed by atoms with van der Waals surface area (Å²) in [4.78, 5) is 12.9. The number of nitrogens with zero attached hydrogens (tertiary/aromatic N) is 1. The van der Waals surface area contributed by atoms with E-state index in [4.69, 9.17) is 6.42 Å². The highest BCUT2D eigenvalue weighted by atomic mass is 79.9. The zero-order chi connectivity index (χ0) is 9.72. The van der Waals surface area contributed by atoms with Gasteiger partial charge in [-0.25, -0.2) is 0 Å². The molecule has 0 saturated heterocycles. The summed E-state index contributed by atoms with van der Waals surface area (Å²) in [7, 11) is 1.71. The van der Waals surface area contributed by atoms with E-state index in [1.807, 2.05) is 13.8 Å². The molecule has 12 heavy (non-hydrogen) atoms. The molecule has 0 bridgehead atoms. The highest BCUT2D eigenvalue weighted by Crippen LogP contribution is 2.13. The van der Waals surface area contributed by atoms with E-state index in [0.717, 1.165) is 0 Å². The second-order valence-corrected chi connectivity index (χ2v) is 4.03. The van der Waals surface area contributed by atoms with Gasteiger partial charge in [-0.15, -0.1) is 6.42 Å². The summed E-state index contributed by atoms with van der Waals surface area (Å²) >= 11 is 3.32. The molecular formula is C9H14BrNO. The molecule has 0 aliphatic heterocycles. The van der Waals surface area contributed by atoms with Gasteiger partial charge in [0, 0.05) is 7.05 Å². The molecular weight excluding hydrogens is 218 g/mol. The molecule has 1 unspecified atom stereocenters. The number of hydrogen-bond acceptors (Lipinski definition) is 1. The Morgan fingerprint density at radius 2 is 2.17 bits per heavy atom. The van der Waals surface area contributed by atoms with E-state index in [1.165, 1.54) is 0 Å². The van der Waals surface area contributed by atoms with Gasteiger partial charge in [0.2, 0.25) is 5.91 Å². The predicted octanol–water partition coefficient (Wildman–Crippen LogP) is 1.50. The maximum atomic E-state index is 11.5. The molecule has 3 heteroatoms. The number of halogens is 1. The van der Waals surface area contributed by atoms with Crippen molar-refractivity contribution in [2.75, 3.05) is 13.6 Å². The Hall–Kier alpha value is -0.490. The number of carbonyl (C=O) groups excluding carboxylic acids is 1. The standard InChI is InChI=1S/C9H14BrNO/c1-5-6-11(4)9(12)8(10)7(2)3/h1,7-8H,6H2,2-4H3. The molecule has 0 aromatic heterocycles. The van der Waals surface area contributed by atoms with Crippen LogP contribution in [0.4, 0.5) is 0 Å². The van der Waals surface area contributed by atoms with Crippen LogP contribution in [-0.2, 0) is 4.79 Å². The van der Waals surface area contributed by atoms with Crippen LogP contribution in [0.1, 0.15) is 13.8 Å². The summed E-state index contributed by atoms with van der Waals surface area (Å²) in [5.74, 6) is 2.76. The topological polar surface area (TPSA) is 20.3 Å². The van der Waals surface area contributed by atoms with Crippen LogP contribution in [0, 0.1) is 18.3 Å². The lowest BCUT2D eigenvalue weighted by molar-refractivity contribution is -0.129. The predicted molar refractivity (Wildman–Crippen MR) is 54.0 cm³/mol. The van der Waals surface area contributed by atoms with Gasteiger partial charge in [-0.05, 0) is 5.92 Å². The second-order valence-electron chi connectivity index (χ2n) is 3.04. The van der Waals surface area contributed by atoms with Crippen molar-refractivity contribution >= 4 is 21.8 Å². The van der Waals surface area contributed by atoms with Gasteiger partial charge in [0.25, 0.3) is 0 Å². The van der Waals surface area contributed by atoms with E-state index >= 15 is 0 Å². The third kappa shape index (κ3) is 3.27. The smallest absolute Gasteiger partial charge is 0.237 e. The van der Waals surface area contributed by atoms with Gasteiger partial charge in [-0.1, -0.05) is 35.7 Å². The van der Waals surface area contributed by atoms with Gasteiger partial charge < -0.3 is 4.90 Å². The first-order valence-electron chi connectivity index (χ1n) is 3.83. The van der Waals surface area contributed by atoms with Crippen molar-refractivity contribution in [2.45, 2.75) is 18.7 Å². The van der Waals surface area contributed by atoms with E-state index < -0.39 is 0 Å². The average Bonchev–Trinajstić information content (AvgIpc) is 2.02. The fourth-order valence-corrected chi connectivity index (χ4v) is 1.06. The Morgan fingerprint density at radius 1 is 1.67 bits per heavy atom. The van der Waals surface area contributed by atoms with Crippen LogP contribution in [0.2, 0.25) is 0 Å². The molecule has 1 atom stereocenters. The van der Waals surface area contributed by atoms with Crippen molar-refractivity contribution in [1.82, 2.24) is 4.90 Å².